The van der Waals surface area contributed by atoms with Crippen LogP contribution in [0.5, 0.6) is 0 Å². The van der Waals surface area contributed by atoms with Crippen molar-refractivity contribution in [3.63, 3.8) is 0 Å². The highest BCUT2D eigenvalue weighted by Crippen LogP contribution is 2.29. The monoisotopic (exact) mass is 614 g/mol. The van der Waals surface area contributed by atoms with Gasteiger partial charge >= 0.3 is 6.18 Å². The number of rotatable bonds is 9. The van der Waals surface area contributed by atoms with Gasteiger partial charge in [-0.05, 0) is 31.5 Å². The average Bonchev–Trinajstić information content (AvgIpc) is 3.07. The number of hydrogen-bond acceptors (Lipinski definition) is 1. The zero-order valence-electron chi connectivity index (χ0n) is 24.0. The fourth-order valence-electron chi connectivity index (χ4n) is 6.03. The number of alkyl halides is 3. The zero-order valence-corrected chi connectivity index (χ0v) is 26.0. The first-order valence-corrected chi connectivity index (χ1v) is 18.0. The number of halogens is 3. The summed E-state index contributed by atoms with van der Waals surface area (Å²) in [5, 5.41) is 5.59. The molecule has 0 fully saturated rings. The molecule has 44 heavy (non-hydrogen) atoms. The Labute approximate surface area is 259 Å². The van der Waals surface area contributed by atoms with Crippen LogP contribution >= 0.6 is 0 Å². The maximum Gasteiger partial charge on any atom is 0.416 e. The highest BCUT2D eigenvalue weighted by molar-refractivity contribution is 7.14. The summed E-state index contributed by atoms with van der Waals surface area (Å²) in [6.45, 7) is 0.621. The van der Waals surface area contributed by atoms with Crippen molar-refractivity contribution in [2.24, 2.45) is 0 Å². The SMILES string of the molecule is FC(F)(F)c1ccc([Si](c2ccccc2)(c2ccccc2)N(Cc2ccccc2)[Si](c2ccccc2)c2ccccc2)cc1. The predicted molar refractivity (Wildman–Crippen MR) is 179 cm³/mol. The number of hydrogen-bond donors (Lipinski definition) is 0. The van der Waals surface area contributed by atoms with E-state index in [1.165, 1.54) is 22.5 Å². The van der Waals surface area contributed by atoms with Gasteiger partial charge in [-0.25, -0.2) is 0 Å². The molecule has 6 aromatic carbocycles. The summed E-state index contributed by atoms with van der Waals surface area (Å²) >= 11 is 0. The molecule has 6 rings (SSSR count). The summed E-state index contributed by atoms with van der Waals surface area (Å²) in [5.74, 6) is 0. The molecular weight excluding hydrogens is 584 g/mol. The van der Waals surface area contributed by atoms with Crippen LogP contribution in [0.4, 0.5) is 13.2 Å². The third kappa shape index (κ3) is 5.97. The van der Waals surface area contributed by atoms with Crippen LogP contribution in [0.25, 0.3) is 0 Å². The van der Waals surface area contributed by atoms with E-state index in [2.05, 4.69) is 101 Å². The van der Waals surface area contributed by atoms with Crippen LogP contribution in [0.3, 0.4) is 0 Å². The zero-order chi connectivity index (χ0) is 30.4. The first kappa shape index (κ1) is 29.6. The van der Waals surface area contributed by atoms with Crippen LogP contribution in [-0.2, 0) is 12.7 Å². The molecule has 0 atom stereocenters. The van der Waals surface area contributed by atoms with Gasteiger partial charge in [-0.3, -0.25) is 0 Å². The minimum absolute atomic E-state index is 0.621. The van der Waals surface area contributed by atoms with Crippen molar-refractivity contribution in [2.75, 3.05) is 0 Å². The topological polar surface area (TPSA) is 3.24 Å². The molecule has 1 radical (unpaired) electrons. The molecule has 217 valence electrons. The maximum atomic E-state index is 13.9. The molecule has 0 saturated heterocycles. The molecule has 0 N–H and O–H groups in total. The Morgan fingerprint density at radius 3 is 1.23 bits per heavy atom. The summed E-state index contributed by atoms with van der Waals surface area (Å²) in [7, 11) is -4.93. The van der Waals surface area contributed by atoms with Crippen LogP contribution in [0.2, 0.25) is 0 Å². The Balaban J connectivity index is 1.74. The van der Waals surface area contributed by atoms with Crippen molar-refractivity contribution in [3.8, 4) is 0 Å². The number of benzene rings is 6. The Kier molecular flexibility index (Phi) is 8.75. The highest BCUT2D eigenvalue weighted by atomic mass is 28.4. The van der Waals surface area contributed by atoms with E-state index in [9.17, 15) is 13.2 Å². The molecule has 0 aliphatic rings. The standard InChI is InChI=1S/C38H31F3NSi2/c39-38(40,41)32-26-28-37(29-27-32)44(35-22-12-4-13-23-35,36-24-14-5-15-25-36)42(30-31-16-6-1-7-17-31)43(33-18-8-2-9-19-33)34-20-10-3-11-21-34/h1-29H,30H2. The first-order valence-electron chi connectivity index (χ1n) is 14.6. The van der Waals surface area contributed by atoms with E-state index in [4.69, 9.17) is 0 Å². The molecule has 0 aliphatic carbocycles. The van der Waals surface area contributed by atoms with Crippen molar-refractivity contribution in [3.05, 3.63) is 187 Å². The largest absolute Gasteiger partial charge is 0.416 e. The third-order valence-corrected chi connectivity index (χ3v) is 16.6. The molecule has 0 amide bonds. The summed E-state index contributed by atoms with van der Waals surface area (Å²) in [6.07, 6.45) is -4.42. The second-order valence-electron chi connectivity index (χ2n) is 10.7. The Morgan fingerprint density at radius 2 is 0.818 bits per heavy atom. The quantitative estimate of drug-likeness (QED) is 0.143. The molecule has 0 spiro atoms. The van der Waals surface area contributed by atoms with E-state index in [0.29, 0.717) is 6.54 Å². The fraction of sp³-hybridized carbons (Fsp3) is 0.0526. The van der Waals surface area contributed by atoms with Crippen LogP contribution in [0.1, 0.15) is 11.1 Å². The molecule has 6 heteroatoms. The Hall–Kier alpha value is -4.50. The van der Waals surface area contributed by atoms with Crippen molar-refractivity contribution in [1.82, 2.24) is 4.23 Å². The predicted octanol–water partition coefficient (Wildman–Crippen LogP) is 5.98. The lowest BCUT2D eigenvalue weighted by molar-refractivity contribution is -0.137. The molecule has 0 aliphatic heterocycles. The summed E-state index contributed by atoms with van der Waals surface area (Å²) in [6, 6.07) is 58.3. The van der Waals surface area contributed by atoms with Gasteiger partial charge in [0.25, 0.3) is 0 Å². The summed E-state index contributed by atoms with van der Waals surface area (Å²) < 4.78 is 44.3. The van der Waals surface area contributed by atoms with Gasteiger partial charge < -0.3 is 4.23 Å². The van der Waals surface area contributed by atoms with E-state index in [1.54, 1.807) is 12.1 Å². The number of nitrogens with zero attached hydrogens (tertiary/aromatic N) is 1. The van der Waals surface area contributed by atoms with E-state index >= 15 is 0 Å². The van der Waals surface area contributed by atoms with Gasteiger partial charge in [0.1, 0.15) is 0 Å². The Bertz CT molecular complexity index is 1670. The molecule has 1 nitrogen and oxygen atoms in total. The first-order chi connectivity index (χ1) is 21.5. The summed E-state index contributed by atoms with van der Waals surface area (Å²) in [5.41, 5.74) is 0.508. The van der Waals surface area contributed by atoms with Crippen LogP contribution < -0.4 is 25.9 Å². The summed E-state index contributed by atoms with van der Waals surface area (Å²) in [4.78, 5) is 0. The van der Waals surface area contributed by atoms with E-state index in [0.717, 1.165) is 21.1 Å². The molecule has 0 unspecified atom stereocenters. The molecule has 0 saturated carbocycles. The minimum atomic E-state index is -4.42. The van der Waals surface area contributed by atoms with Crippen LogP contribution in [0.15, 0.2) is 176 Å². The minimum Gasteiger partial charge on any atom is -0.324 e. The van der Waals surface area contributed by atoms with Gasteiger partial charge in [0.2, 0.25) is 17.2 Å². The van der Waals surface area contributed by atoms with E-state index < -0.39 is 28.9 Å². The van der Waals surface area contributed by atoms with Crippen molar-refractivity contribution in [2.45, 2.75) is 12.7 Å². The second kappa shape index (κ2) is 13.0. The third-order valence-electron chi connectivity index (χ3n) is 7.97. The van der Waals surface area contributed by atoms with Gasteiger partial charge in [-0.15, -0.1) is 0 Å². The Morgan fingerprint density at radius 1 is 0.455 bits per heavy atom. The molecule has 0 bridgehead atoms. The lowest BCUT2D eigenvalue weighted by Gasteiger charge is -2.47. The lowest BCUT2D eigenvalue weighted by Crippen LogP contribution is -2.82. The van der Waals surface area contributed by atoms with Gasteiger partial charge in [-0.1, -0.05) is 176 Å². The molecule has 6 aromatic rings. The molecule has 0 heterocycles. The second-order valence-corrected chi connectivity index (χ2v) is 17.2. The van der Waals surface area contributed by atoms with Crippen LogP contribution in [0, 0.1) is 0 Å². The normalized spacial score (nSPS) is 12.0. The van der Waals surface area contributed by atoms with E-state index in [-0.39, 0.29) is 0 Å². The van der Waals surface area contributed by atoms with Gasteiger partial charge in [-0.2, -0.15) is 13.2 Å². The van der Waals surface area contributed by atoms with E-state index in [1.807, 2.05) is 54.6 Å². The van der Waals surface area contributed by atoms with Crippen molar-refractivity contribution >= 4 is 43.1 Å². The fourth-order valence-corrected chi connectivity index (χ4v) is 16.0. The molecular formula is C38H31F3NSi2. The van der Waals surface area contributed by atoms with Gasteiger partial charge in [0.15, 0.2) is 0 Å². The highest BCUT2D eigenvalue weighted by Gasteiger charge is 2.49. The smallest absolute Gasteiger partial charge is 0.324 e. The maximum absolute atomic E-state index is 13.9. The van der Waals surface area contributed by atoms with Crippen molar-refractivity contribution in [1.29, 1.82) is 0 Å². The average molecular weight is 615 g/mol. The van der Waals surface area contributed by atoms with Gasteiger partial charge in [0.05, 0.1) is 5.56 Å². The molecule has 0 aromatic heterocycles. The van der Waals surface area contributed by atoms with Crippen LogP contribution in [-0.4, -0.2) is 21.4 Å². The van der Waals surface area contributed by atoms with Gasteiger partial charge in [0, 0.05) is 6.54 Å². The lowest BCUT2D eigenvalue weighted by atomic mass is 10.2. The van der Waals surface area contributed by atoms with Crippen molar-refractivity contribution < 1.29 is 13.2 Å².